The first-order valence-corrected chi connectivity index (χ1v) is 11.3. The molecule has 2 aromatic carbocycles. The van der Waals surface area contributed by atoms with E-state index in [-0.39, 0.29) is 28.6 Å². The molecule has 1 heterocycles. The Morgan fingerprint density at radius 3 is 2.03 bits per heavy atom. The molecule has 5 nitrogen and oxygen atoms in total. The van der Waals surface area contributed by atoms with Crippen LogP contribution in [-0.4, -0.2) is 38.9 Å². The molecule has 1 aliphatic heterocycles. The van der Waals surface area contributed by atoms with Gasteiger partial charge in [0, 0.05) is 0 Å². The lowest BCUT2D eigenvalue weighted by molar-refractivity contribution is -0.00722. The first kappa shape index (κ1) is 21.6. The van der Waals surface area contributed by atoms with Gasteiger partial charge < -0.3 is 14.6 Å². The number of hydrogen-bond acceptors (Lipinski definition) is 5. The number of sulfone groups is 1. The van der Waals surface area contributed by atoms with Gasteiger partial charge in [0.1, 0.15) is 12.4 Å². The van der Waals surface area contributed by atoms with Gasteiger partial charge in [0.2, 0.25) is 9.84 Å². The normalized spacial score (nSPS) is 19.2. The van der Waals surface area contributed by atoms with Crippen LogP contribution in [0.15, 0.2) is 63.9 Å². The van der Waals surface area contributed by atoms with Crippen LogP contribution in [-0.2, 0) is 14.6 Å². The first-order chi connectivity index (χ1) is 13.8. The fourth-order valence-electron chi connectivity index (χ4n) is 3.25. The number of aliphatic hydroxyl groups excluding tert-OH is 1. The lowest BCUT2D eigenvalue weighted by atomic mass is 10.0. The molecule has 0 bridgehead atoms. The predicted octanol–water partition coefficient (Wildman–Crippen LogP) is 4.25. The summed E-state index contributed by atoms with van der Waals surface area (Å²) in [5.41, 5.74) is 3.36. The minimum atomic E-state index is -3.58. The molecule has 0 aromatic heterocycles. The third-order valence-electron chi connectivity index (χ3n) is 5.32. The third-order valence-corrected chi connectivity index (χ3v) is 7.10. The van der Waals surface area contributed by atoms with Crippen LogP contribution in [0.3, 0.4) is 0 Å². The zero-order valence-corrected chi connectivity index (χ0v) is 17.9. The van der Waals surface area contributed by atoms with Crippen molar-refractivity contribution in [1.82, 2.24) is 0 Å². The van der Waals surface area contributed by atoms with Gasteiger partial charge in [-0.25, -0.2) is 8.42 Å². The maximum Gasteiger partial charge on any atom is 0.206 e. The second-order valence-electron chi connectivity index (χ2n) is 7.58. The molecule has 2 unspecified atom stereocenters. The number of aliphatic hydroxyl groups is 1. The van der Waals surface area contributed by atoms with Crippen LogP contribution in [0.1, 0.15) is 39.2 Å². The predicted molar refractivity (Wildman–Crippen MR) is 113 cm³/mol. The summed E-state index contributed by atoms with van der Waals surface area (Å²) in [6, 6.07) is 13.4. The van der Waals surface area contributed by atoms with Crippen molar-refractivity contribution in [3.05, 3.63) is 59.7 Å². The van der Waals surface area contributed by atoms with E-state index in [4.69, 9.17) is 14.6 Å². The summed E-state index contributed by atoms with van der Waals surface area (Å²) >= 11 is 0. The minimum absolute atomic E-state index is 0.0257. The molecule has 156 valence electrons. The average molecular weight is 417 g/mol. The van der Waals surface area contributed by atoms with E-state index in [0.717, 1.165) is 24.0 Å². The zero-order chi connectivity index (χ0) is 21.0. The van der Waals surface area contributed by atoms with Gasteiger partial charge in [0.25, 0.3) is 0 Å². The van der Waals surface area contributed by atoms with E-state index in [2.05, 4.69) is 0 Å². The van der Waals surface area contributed by atoms with E-state index >= 15 is 0 Å². The van der Waals surface area contributed by atoms with Crippen molar-refractivity contribution >= 4 is 15.4 Å². The highest BCUT2D eigenvalue weighted by Gasteiger charge is 2.25. The Balaban J connectivity index is 1.67. The highest BCUT2D eigenvalue weighted by molar-refractivity contribution is 7.91. The molecule has 0 saturated carbocycles. The molecule has 6 heteroatoms. The van der Waals surface area contributed by atoms with Crippen LogP contribution in [0, 0.1) is 0 Å². The topological polar surface area (TPSA) is 72.8 Å². The van der Waals surface area contributed by atoms with Crippen molar-refractivity contribution in [2.75, 3.05) is 13.2 Å². The Morgan fingerprint density at radius 1 is 0.966 bits per heavy atom. The molecule has 1 N–H and O–H groups in total. The van der Waals surface area contributed by atoms with Gasteiger partial charge in [0.05, 0.1) is 28.6 Å². The van der Waals surface area contributed by atoms with E-state index in [1.165, 1.54) is 5.57 Å². The fourth-order valence-corrected chi connectivity index (χ4v) is 4.51. The maximum atomic E-state index is 12.9. The number of hydrogen-bond donors (Lipinski definition) is 1. The van der Waals surface area contributed by atoms with Gasteiger partial charge in [-0.05, 0) is 81.1 Å². The zero-order valence-electron chi connectivity index (χ0n) is 17.1. The van der Waals surface area contributed by atoms with Crippen molar-refractivity contribution in [3.8, 4) is 5.75 Å². The monoisotopic (exact) mass is 416 g/mol. The molecule has 0 spiro atoms. The van der Waals surface area contributed by atoms with Gasteiger partial charge in [-0.3, -0.25) is 0 Å². The molecular formula is C23H28O5S. The van der Waals surface area contributed by atoms with E-state index < -0.39 is 9.84 Å². The van der Waals surface area contributed by atoms with E-state index in [1.54, 1.807) is 36.4 Å². The average Bonchev–Trinajstić information content (AvgIpc) is 3.20. The molecule has 29 heavy (non-hydrogen) atoms. The molecule has 0 amide bonds. The van der Waals surface area contributed by atoms with Crippen LogP contribution >= 0.6 is 0 Å². The van der Waals surface area contributed by atoms with Crippen LogP contribution in [0.5, 0.6) is 5.75 Å². The quantitative estimate of drug-likeness (QED) is 0.730. The third kappa shape index (κ3) is 5.07. The van der Waals surface area contributed by atoms with Gasteiger partial charge in [-0.1, -0.05) is 17.7 Å². The molecule has 0 radical (unpaired) electrons. The lowest BCUT2D eigenvalue weighted by Gasteiger charge is -2.14. The Bertz CT molecular complexity index is 955. The smallest absolute Gasteiger partial charge is 0.206 e. The van der Waals surface area contributed by atoms with Crippen LogP contribution < -0.4 is 4.74 Å². The summed E-state index contributed by atoms with van der Waals surface area (Å²) in [5, 5.41) is 9.11. The molecular weight excluding hydrogens is 388 g/mol. The van der Waals surface area contributed by atoms with Gasteiger partial charge >= 0.3 is 0 Å². The van der Waals surface area contributed by atoms with Crippen LogP contribution in [0.2, 0.25) is 0 Å². The molecule has 3 rings (SSSR count). The number of benzene rings is 2. The molecule has 2 atom stereocenters. The van der Waals surface area contributed by atoms with Crippen molar-refractivity contribution in [1.29, 1.82) is 0 Å². The number of allylic oxidation sites excluding steroid dienone is 2. The molecule has 0 aliphatic carbocycles. The molecule has 1 fully saturated rings. The first-order valence-electron chi connectivity index (χ1n) is 9.80. The summed E-state index contributed by atoms with van der Waals surface area (Å²) in [5.74, 6) is 0.592. The van der Waals surface area contributed by atoms with Gasteiger partial charge in [-0.2, -0.15) is 0 Å². The SMILES string of the molecule is CC(C)=C(C)c1ccc(S(=O)(=O)c2ccc(OCC3CCC(CO)O3)cc2)cc1. The second kappa shape index (κ2) is 9.11. The number of rotatable bonds is 7. The minimum Gasteiger partial charge on any atom is -0.491 e. The van der Waals surface area contributed by atoms with E-state index in [1.807, 2.05) is 32.9 Å². The van der Waals surface area contributed by atoms with Crippen LogP contribution in [0.25, 0.3) is 5.57 Å². The second-order valence-corrected chi connectivity index (χ2v) is 9.52. The summed E-state index contributed by atoms with van der Waals surface area (Å²) < 4.78 is 37.1. The van der Waals surface area contributed by atoms with Gasteiger partial charge in [0.15, 0.2) is 0 Å². The fraction of sp³-hybridized carbons (Fsp3) is 0.391. The highest BCUT2D eigenvalue weighted by Crippen LogP contribution is 2.26. The largest absolute Gasteiger partial charge is 0.491 e. The highest BCUT2D eigenvalue weighted by atomic mass is 32.2. The summed E-state index contributed by atoms with van der Waals surface area (Å²) in [6.45, 7) is 6.50. The standard InChI is InChI=1S/C23H28O5S/c1-16(2)17(3)18-4-10-22(11-5-18)29(25,26)23-12-8-19(9-13-23)27-15-21-7-6-20(14-24)28-21/h4-5,8-13,20-21,24H,6-7,14-15H2,1-3H3. The summed E-state index contributed by atoms with van der Waals surface area (Å²) in [7, 11) is -3.58. The number of ether oxygens (including phenoxy) is 2. The van der Waals surface area contributed by atoms with Crippen LogP contribution in [0.4, 0.5) is 0 Å². The lowest BCUT2D eigenvalue weighted by Crippen LogP contribution is -2.20. The summed E-state index contributed by atoms with van der Waals surface area (Å²) in [4.78, 5) is 0.500. The van der Waals surface area contributed by atoms with E-state index in [0.29, 0.717) is 12.4 Å². The Morgan fingerprint density at radius 2 is 1.52 bits per heavy atom. The van der Waals surface area contributed by atoms with E-state index in [9.17, 15) is 8.42 Å². The molecule has 1 saturated heterocycles. The molecule has 2 aromatic rings. The Labute approximate surface area is 172 Å². The van der Waals surface area contributed by atoms with Crippen molar-refractivity contribution in [3.63, 3.8) is 0 Å². The maximum absolute atomic E-state index is 12.9. The van der Waals surface area contributed by atoms with Crippen molar-refractivity contribution in [2.45, 2.75) is 55.6 Å². The summed E-state index contributed by atoms with van der Waals surface area (Å²) in [6.07, 6.45) is 1.52. The van der Waals surface area contributed by atoms with Crippen molar-refractivity contribution < 1.29 is 23.0 Å². The van der Waals surface area contributed by atoms with Crippen molar-refractivity contribution in [2.24, 2.45) is 0 Å². The van der Waals surface area contributed by atoms with Gasteiger partial charge in [-0.15, -0.1) is 0 Å². The Hall–Kier alpha value is -2.15. The molecule has 1 aliphatic rings. The Kier molecular flexibility index (Phi) is 6.77.